The van der Waals surface area contributed by atoms with Crippen LogP contribution in [0.4, 0.5) is 0 Å². The lowest BCUT2D eigenvalue weighted by atomic mass is 9.88. The van der Waals surface area contributed by atoms with Crippen LogP contribution in [0.25, 0.3) is 0 Å². The largest absolute Gasteiger partial charge is 0.355 e. The minimum Gasteiger partial charge on any atom is -0.355 e. The van der Waals surface area contributed by atoms with E-state index in [0.29, 0.717) is 0 Å². The Morgan fingerprint density at radius 3 is 2.65 bits per heavy atom. The number of amides is 1. The Bertz CT molecular complexity index is 490. The summed E-state index contributed by atoms with van der Waals surface area (Å²) in [7, 11) is 0. The van der Waals surface area contributed by atoms with Crippen LogP contribution in [0.1, 0.15) is 50.5 Å². The monoisotopic (exact) mass is 291 g/mol. The summed E-state index contributed by atoms with van der Waals surface area (Å²) in [5, 5.41) is 3.98. The number of rotatable bonds is 4. The third-order valence-electron chi connectivity index (χ3n) is 4.87. The van der Waals surface area contributed by atoms with Gasteiger partial charge in [-0.25, -0.2) is 0 Å². The van der Waals surface area contributed by atoms with Crippen LogP contribution in [0.3, 0.4) is 0 Å². The normalized spacial score (nSPS) is 21.4. The maximum Gasteiger partial charge on any atom is 0.223 e. The van der Waals surface area contributed by atoms with Gasteiger partial charge in [0.15, 0.2) is 0 Å². The molecule has 1 aromatic rings. The van der Waals surface area contributed by atoms with Crippen LogP contribution in [0, 0.1) is 5.92 Å². The number of nitrogens with one attached hydrogen (secondary N) is 1. The predicted molar refractivity (Wildman–Crippen MR) is 81.9 cm³/mol. The second-order valence-electron chi connectivity index (χ2n) is 6.34. The first-order chi connectivity index (χ1) is 9.70. The molecule has 20 heavy (non-hydrogen) atoms. The second-order valence-corrected chi connectivity index (χ2v) is 6.78. The van der Waals surface area contributed by atoms with Gasteiger partial charge < -0.3 is 5.32 Å². The van der Waals surface area contributed by atoms with Gasteiger partial charge in [0, 0.05) is 22.9 Å². The molecule has 0 bridgehead atoms. The lowest BCUT2D eigenvalue weighted by Gasteiger charge is -2.23. The Hall–Kier alpha value is -1.02. The van der Waals surface area contributed by atoms with Crippen molar-refractivity contribution >= 4 is 17.5 Å². The molecule has 0 heterocycles. The molecule has 108 valence electrons. The molecule has 2 aliphatic carbocycles. The molecule has 0 saturated heterocycles. The number of halogens is 1. The van der Waals surface area contributed by atoms with Gasteiger partial charge in [0.25, 0.3) is 0 Å². The molecule has 3 rings (SSSR count). The van der Waals surface area contributed by atoms with Gasteiger partial charge in [0.05, 0.1) is 0 Å². The van der Waals surface area contributed by atoms with Crippen molar-refractivity contribution in [1.82, 2.24) is 5.32 Å². The summed E-state index contributed by atoms with van der Waals surface area (Å²) in [4.78, 5) is 12.2. The fraction of sp³-hybridized carbons (Fsp3) is 0.588. The van der Waals surface area contributed by atoms with Gasteiger partial charge in [0.1, 0.15) is 0 Å². The lowest BCUT2D eigenvalue weighted by molar-refractivity contribution is -0.126. The Kier molecular flexibility index (Phi) is 4.02. The van der Waals surface area contributed by atoms with Crippen molar-refractivity contribution in [2.24, 2.45) is 5.92 Å². The molecule has 0 unspecified atom stereocenters. The molecule has 3 heteroatoms. The minimum absolute atomic E-state index is 0.148. The van der Waals surface area contributed by atoms with E-state index >= 15 is 0 Å². The van der Waals surface area contributed by atoms with E-state index < -0.39 is 0 Å². The second kappa shape index (κ2) is 5.77. The first-order valence-corrected chi connectivity index (χ1v) is 8.11. The summed E-state index contributed by atoms with van der Waals surface area (Å²) in [6.07, 6.45) is 8.13. The van der Waals surface area contributed by atoms with Gasteiger partial charge in [-0.05, 0) is 43.4 Å². The van der Waals surface area contributed by atoms with Crippen LogP contribution in [0.5, 0.6) is 0 Å². The van der Waals surface area contributed by atoms with Gasteiger partial charge in [-0.2, -0.15) is 0 Å². The summed E-state index contributed by atoms with van der Waals surface area (Å²) < 4.78 is 0. The molecule has 0 aliphatic heterocycles. The number of carbonyl (C=O) groups is 1. The number of benzene rings is 1. The summed E-state index contributed by atoms with van der Waals surface area (Å²) >= 11 is 6.08. The van der Waals surface area contributed by atoms with E-state index in [0.717, 1.165) is 37.3 Å². The van der Waals surface area contributed by atoms with Crippen LogP contribution in [-0.4, -0.2) is 12.5 Å². The Morgan fingerprint density at radius 1 is 1.25 bits per heavy atom. The van der Waals surface area contributed by atoms with E-state index in [1.807, 2.05) is 18.2 Å². The Labute approximate surface area is 125 Å². The highest BCUT2D eigenvalue weighted by Gasteiger charge is 2.44. The average Bonchev–Trinajstić information content (AvgIpc) is 3.27. The standard InChI is InChI=1S/C17H22ClNO/c18-15-8-4-7-14(11-15)17(9-10-17)12-19-16(20)13-5-2-1-3-6-13/h4,7-8,11,13H,1-3,5-6,9-10,12H2,(H,19,20). The molecule has 1 amide bonds. The number of carbonyl (C=O) groups excluding carboxylic acids is 1. The van der Waals surface area contributed by atoms with E-state index in [2.05, 4.69) is 11.4 Å². The van der Waals surface area contributed by atoms with E-state index in [1.54, 1.807) is 0 Å². The number of hydrogen-bond acceptors (Lipinski definition) is 1. The van der Waals surface area contributed by atoms with Crippen molar-refractivity contribution < 1.29 is 4.79 Å². The van der Waals surface area contributed by atoms with Gasteiger partial charge in [-0.1, -0.05) is 43.0 Å². The summed E-state index contributed by atoms with van der Waals surface area (Å²) in [5.74, 6) is 0.511. The highest BCUT2D eigenvalue weighted by atomic mass is 35.5. The molecule has 0 radical (unpaired) electrons. The van der Waals surface area contributed by atoms with Crippen molar-refractivity contribution in [3.8, 4) is 0 Å². The topological polar surface area (TPSA) is 29.1 Å². The molecule has 2 saturated carbocycles. The summed E-state index contributed by atoms with van der Waals surface area (Å²) in [5.41, 5.74) is 1.42. The number of hydrogen-bond donors (Lipinski definition) is 1. The maximum absolute atomic E-state index is 12.2. The average molecular weight is 292 g/mol. The third-order valence-corrected chi connectivity index (χ3v) is 5.10. The first-order valence-electron chi connectivity index (χ1n) is 7.73. The lowest BCUT2D eigenvalue weighted by Crippen LogP contribution is -2.37. The zero-order chi connectivity index (χ0) is 14.0. The molecule has 2 aliphatic rings. The van der Waals surface area contributed by atoms with Crippen LogP contribution >= 0.6 is 11.6 Å². The maximum atomic E-state index is 12.2. The molecule has 1 aromatic carbocycles. The fourth-order valence-electron chi connectivity index (χ4n) is 3.30. The highest BCUT2D eigenvalue weighted by Crippen LogP contribution is 2.48. The van der Waals surface area contributed by atoms with Crippen molar-refractivity contribution in [3.05, 3.63) is 34.9 Å². The van der Waals surface area contributed by atoms with Crippen LogP contribution in [-0.2, 0) is 10.2 Å². The Morgan fingerprint density at radius 2 is 2.00 bits per heavy atom. The predicted octanol–water partition coefficient (Wildman–Crippen LogP) is 4.07. The summed E-state index contributed by atoms with van der Waals surface area (Å²) in [6.45, 7) is 0.767. The highest BCUT2D eigenvalue weighted by molar-refractivity contribution is 6.30. The van der Waals surface area contributed by atoms with Crippen molar-refractivity contribution in [3.63, 3.8) is 0 Å². The van der Waals surface area contributed by atoms with Crippen molar-refractivity contribution in [2.75, 3.05) is 6.54 Å². The van der Waals surface area contributed by atoms with Crippen LogP contribution in [0.15, 0.2) is 24.3 Å². The van der Waals surface area contributed by atoms with Gasteiger partial charge in [-0.3, -0.25) is 4.79 Å². The SMILES string of the molecule is O=C(NCC1(c2cccc(Cl)c2)CC1)C1CCCCC1. The van der Waals surface area contributed by atoms with E-state index in [-0.39, 0.29) is 17.2 Å². The molecular weight excluding hydrogens is 270 g/mol. The minimum atomic E-state index is 0.148. The van der Waals surface area contributed by atoms with Crippen LogP contribution in [0.2, 0.25) is 5.02 Å². The summed E-state index contributed by atoms with van der Waals surface area (Å²) in [6, 6.07) is 8.08. The van der Waals surface area contributed by atoms with Gasteiger partial charge >= 0.3 is 0 Å². The van der Waals surface area contributed by atoms with Crippen LogP contribution < -0.4 is 5.32 Å². The van der Waals surface area contributed by atoms with E-state index in [4.69, 9.17) is 11.6 Å². The zero-order valence-electron chi connectivity index (χ0n) is 11.8. The van der Waals surface area contributed by atoms with Gasteiger partial charge in [0.2, 0.25) is 5.91 Å². The Balaban J connectivity index is 1.59. The molecule has 0 atom stereocenters. The molecule has 2 fully saturated rings. The van der Waals surface area contributed by atoms with Crippen molar-refractivity contribution in [1.29, 1.82) is 0 Å². The molecule has 2 nitrogen and oxygen atoms in total. The zero-order valence-corrected chi connectivity index (χ0v) is 12.6. The van der Waals surface area contributed by atoms with E-state index in [9.17, 15) is 4.79 Å². The molecule has 0 aromatic heterocycles. The van der Waals surface area contributed by atoms with Crippen molar-refractivity contribution in [2.45, 2.75) is 50.4 Å². The van der Waals surface area contributed by atoms with Gasteiger partial charge in [-0.15, -0.1) is 0 Å². The molecule has 1 N–H and O–H groups in total. The molecule has 0 spiro atoms. The smallest absolute Gasteiger partial charge is 0.223 e. The fourth-order valence-corrected chi connectivity index (χ4v) is 3.49. The third kappa shape index (κ3) is 3.01. The first kappa shape index (κ1) is 13.9. The quantitative estimate of drug-likeness (QED) is 0.890. The van der Waals surface area contributed by atoms with E-state index in [1.165, 1.54) is 24.8 Å². The molecular formula is C17H22ClNO.